The maximum atomic E-state index is 13.5. The minimum atomic E-state index is -4.49. The van der Waals surface area contributed by atoms with Crippen molar-refractivity contribution in [3.63, 3.8) is 0 Å². The first-order valence-corrected chi connectivity index (χ1v) is 8.86. The second-order valence-corrected chi connectivity index (χ2v) is 7.00. The summed E-state index contributed by atoms with van der Waals surface area (Å²) < 4.78 is 46.0. The van der Waals surface area contributed by atoms with Crippen LogP contribution in [0.4, 0.5) is 13.2 Å². The van der Waals surface area contributed by atoms with Gasteiger partial charge < -0.3 is 4.74 Å². The topological polar surface area (TPSA) is 35.0 Å². The third-order valence-corrected chi connectivity index (χ3v) is 4.06. The van der Waals surface area contributed by atoms with Crippen LogP contribution in [0.5, 0.6) is 5.75 Å². The summed E-state index contributed by atoms with van der Waals surface area (Å²) in [5, 5.41) is 0. The van der Waals surface area contributed by atoms with Crippen molar-refractivity contribution in [1.29, 1.82) is 0 Å². The fourth-order valence-corrected chi connectivity index (χ4v) is 2.89. The molecular formula is C20H25F3N2O. The minimum Gasteiger partial charge on any atom is -0.493 e. The summed E-state index contributed by atoms with van der Waals surface area (Å²) in [6, 6.07) is 5.80. The highest BCUT2D eigenvalue weighted by atomic mass is 19.4. The first kappa shape index (κ1) is 20.2. The normalized spacial score (nSPS) is 13.1. The largest absolute Gasteiger partial charge is 0.493 e. The van der Waals surface area contributed by atoms with Gasteiger partial charge in [-0.1, -0.05) is 27.7 Å². The highest BCUT2D eigenvalue weighted by Gasteiger charge is 2.35. The van der Waals surface area contributed by atoms with E-state index in [4.69, 9.17) is 4.74 Å². The van der Waals surface area contributed by atoms with E-state index in [1.807, 2.05) is 13.8 Å². The molecule has 0 amide bonds. The molecule has 0 spiro atoms. The maximum absolute atomic E-state index is 13.5. The second kappa shape index (κ2) is 8.52. The lowest BCUT2D eigenvalue weighted by atomic mass is 10.00. The molecular weight excluding hydrogens is 341 g/mol. The molecule has 6 heteroatoms. The number of rotatable bonds is 7. The summed E-state index contributed by atoms with van der Waals surface area (Å²) >= 11 is 0. The van der Waals surface area contributed by atoms with Gasteiger partial charge in [0.05, 0.1) is 17.9 Å². The van der Waals surface area contributed by atoms with Gasteiger partial charge in [0.1, 0.15) is 12.1 Å². The molecule has 2 rings (SSSR count). The molecule has 0 unspecified atom stereocenters. The van der Waals surface area contributed by atoms with Crippen molar-refractivity contribution >= 4 is 0 Å². The molecule has 0 aliphatic heterocycles. The molecule has 0 radical (unpaired) electrons. The Labute approximate surface area is 152 Å². The van der Waals surface area contributed by atoms with Crippen LogP contribution in [-0.2, 0) is 12.6 Å². The molecule has 0 saturated carbocycles. The Hall–Kier alpha value is -2.11. The lowest BCUT2D eigenvalue weighted by molar-refractivity contribution is -0.139. The van der Waals surface area contributed by atoms with E-state index < -0.39 is 11.7 Å². The van der Waals surface area contributed by atoms with Crippen LogP contribution in [0.15, 0.2) is 30.6 Å². The van der Waals surface area contributed by atoms with Gasteiger partial charge in [-0.15, -0.1) is 0 Å². The zero-order valence-corrected chi connectivity index (χ0v) is 15.6. The Morgan fingerprint density at radius 3 is 2.42 bits per heavy atom. The predicted molar refractivity (Wildman–Crippen MR) is 96.0 cm³/mol. The Morgan fingerprint density at radius 2 is 1.81 bits per heavy atom. The minimum absolute atomic E-state index is 0.137. The lowest BCUT2D eigenvalue weighted by Gasteiger charge is -2.19. The number of hydrogen-bond donors (Lipinski definition) is 0. The zero-order valence-electron chi connectivity index (χ0n) is 15.6. The number of hydrogen-bond acceptors (Lipinski definition) is 3. The summed E-state index contributed by atoms with van der Waals surface area (Å²) in [5.74, 6) is 0.523. The highest BCUT2D eigenvalue weighted by molar-refractivity contribution is 5.62. The van der Waals surface area contributed by atoms with Crippen molar-refractivity contribution in [2.75, 3.05) is 6.61 Å². The molecule has 0 aliphatic rings. The number of alkyl halides is 3. The molecule has 26 heavy (non-hydrogen) atoms. The van der Waals surface area contributed by atoms with Gasteiger partial charge in [-0.05, 0) is 48.9 Å². The fraction of sp³-hybridized carbons (Fsp3) is 0.500. The van der Waals surface area contributed by atoms with Gasteiger partial charge in [0.15, 0.2) is 0 Å². The second-order valence-electron chi connectivity index (χ2n) is 7.00. The van der Waals surface area contributed by atoms with Crippen LogP contribution >= 0.6 is 0 Å². The molecule has 0 bridgehead atoms. The van der Waals surface area contributed by atoms with Gasteiger partial charge in [0.2, 0.25) is 0 Å². The van der Waals surface area contributed by atoms with Crippen LogP contribution in [0.1, 0.15) is 45.4 Å². The zero-order chi connectivity index (χ0) is 19.3. The molecule has 0 saturated heterocycles. The highest BCUT2D eigenvalue weighted by Crippen LogP contribution is 2.38. The van der Waals surface area contributed by atoms with Crippen molar-refractivity contribution in [2.24, 2.45) is 11.8 Å². The van der Waals surface area contributed by atoms with E-state index in [2.05, 4.69) is 23.8 Å². The van der Waals surface area contributed by atoms with Gasteiger partial charge in [-0.25, -0.2) is 9.97 Å². The van der Waals surface area contributed by atoms with Crippen molar-refractivity contribution in [1.82, 2.24) is 9.97 Å². The van der Waals surface area contributed by atoms with Crippen LogP contribution in [0.3, 0.4) is 0 Å². The van der Waals surface area contributed by atoms with Crippen molar-refractivity contribution < 1.29 is 17.9 Å². The van der Waals surface area contributed by atoms with E-state index in [0.29, 0.717) is 23.6 Å². The third-order valence-electron chi connectivity index (χ3n) is 4.06. The monoisotopic (exact) mass is 366 g/mol. The van der Waals surface area contributed by atoms with Crippen LogP contribution in [0, 0.1) is 11.8 Å². The van der Waals surface area contributed by atoms with Gasteiger partial charge >= 0.3 is 6.18 Å². The molecule has 2 aromatic rings. The molecule has 3 nitrogen and oxygen atoms in total. The molecule has 142 valence electrons. The SMILES string of the molecule is CCc1cc(-c2ccc(OC[C@@H](C)CC(C)C)c(C(F)(F)F)c2)ncn1. The predicted octanol–water partition coefficient (Wildman–Crippen LogP) is 5.79. The number of nitrogens with zero attached hydrogens (tertiary/aromatic N) is 2. The number of aromatic nitrogens is 2. The van der Waals surface area contributed by atoms with Crippen LogP contribution in [0.2, 0.25) is 0 Å². The number of aryl methyl sites for hydroxylation is 1. The van der Waals surface area contributed by atoms with E-state index in [9.17, 15) is 13.2 Å². The van der Waals surface area contributed by atoms with Crippen LogP contribution in [0.25, 0.3) is 11.3 Å². The number of ether oxygens (including phenoxy) is 1. The maximum Gasteiger partial charge on any atom is 0.419 e. The molecule has 1 aromatic carbocycles. The molecule has 1 atom stereocenters. The van der Waals surface area contributed by atoms with Crippen LogP contribution in [-0.4, -0.2) is 16.6 Å². The van der Waals surface area contributed by atoms with Crippen LogP contribution < -0.4 is 4.74 Å². The molecule has 0 fully saturated rings. The standard InChI is InChI=1S/C20H25F3N2O/c1-5-16-10-18(25-12-24-16)15-6-7-19(17(9-15)20(21,22)23)26-11-14(4)8-13(2)3/h6-7,9-10,12-14H,5,8,11H2,1-4H3/t14-/m0/s1. The summed E-state index contributed by atoms with van der Waals surface area (Å²) in [6.07, 6.45) is -1.52. The van der Waals surface area contributed by atoms with E-state index >= 15 is 0 Å². The first-order valence-electron chi connectivity index (χ1n) is 8.86. The smallest absolute Gasteiger partial charge is 0.419 e. The molecule has 1 heterocycles. The van der Waals surface area contributed by atoms with Gasteiger partial charge in [-0.3, -0.25) is 0 Å². The summed E-state index contributed by atoms with van der Waals surface area (Å²) in [4.78, 5) is 8.18. The Bertz CT molecular complexity index is 729. The average molecular weight is 366 g/mol. The summed E-state index contributed by atoms with van der Waals surface area (Å²) in [6.45, 7) is 8.34. The number of benzene rings is 1. The Morgan fingerprint density at radius 1 is 1.08 bits per heavy atom. The summed E-state index contributed by atoms with van der Waals surface area (Å²) in [5.41, 5.74) is 0.883. The van der Waals surface area contributed by atoms with Crippen molar-refractivity contribution in [2.45, 2.75) is 46.7 Å². The molecule has 0 N–H and O–H groups in total. The van der Waals surface area contributed by atoms with Gasteiger partial charge in [0, 0.05) is 11.3 Å². The lowest BCUT2D eigenvalue weighted by Crippen LogP contribution is -2.14. The van der Waals surface area contributed by atoms with E-state index in [1.54, 1.807) is 12.1 Å². The van der Waals surface area contributed by atoms with E-state index in [0.717, 1.165) is 18.2 Å². The van der Waals surface area contributed by atoms with E-state index in [1.165, 1.54) is 12.4 Å². The van der Waals surface area contributed by atoms with Gasteiger partial charge in [0.25, 0.3) is 0 Å². The Balaban J connectivity index is 2.30. The third kappa shape index (κ3) is 5.44. The first-order chi connectivity index (χ1) is 12.2. The number of halogens is 3. The summed E-state index contributed by atoms with van der Waals surface area (Å²) in [7, 11) is 0. The van der Waals surface area contributed by atoms with E-state index in [-0.39, 0.29) is 18.3 Å². The molecule has 0 aliphatic carbocycles. The van der Waals surface area contributed by atoms with Gasteiger partial charge in [-0.2, -0.15) is 13.2 Å². The van der Waals surface area contributed by atoms with Crippen molar-refractivity contribution in [3.8, 4) is 17.0 Å². The average Bonchev–Trinajstić information content (AvgIpc) is 2.58. The fourth-order valence-electron chi connectivity index (χ4n) is 2.89. The Kier molecular flexibility index (Phi) is 6.62. The quantitative estimate of drug-likeness (QED) is 0.622. The van der Waals surface area contributed by atoms with Crippen molar-refractivity contribution in [3.05, 3.63) is 41.9 Å². The molecule has 1 aromatic heterocycles.